The summed E-state index contributed by atoms with van der Waals surface area (Å²) in [5, 5.41) is 12.2. The lowest BCUT2D eigenvalue weighted by molar-refractivity contribution is -0.150. The third-order valence-corrected chi connectivity index (χ3v) is 3.95. The maximum atomic E-state index is 13.2. The Kier molecular flexibility index (Phi) is 4.80. The van der Waals surface area contributed by atoms with Gasteiger partial charge >= 0.3 is 11.9 Å². The fraction of sp³-hybridized carbons (Fsp3) is 0.550. The minimum Gasteiger partial charge on any atom is -0.480 e. The van der Waals surface area contributed by atoms with E-state index in [1.807, 2.05) is 30.3 Å². The third-order valence-electron chi connectivity index (χ3n) is 3.95. The molecule has 3 atom stereocenters. The number of carboxylic acids is 1. The summed E-state index contributed by atoms with van der Waals surface area (Å²) in [5.41, 5.74) is 0.894. The second kappa shape index (κ2) is 10.1. The zero-order valence-corrected chi connectivity index (χ0v) is 15.2. The largest absolute Gasteiger partial charge is 0.480 e. The molecular formula is C20H28N2O5. The standard InChI is InChI=1S/C20H28N2O5/c1-3-27-20(26)16(12-11-15-8-5-4-6-9-15)21-14(2)18(23)22-13-7-10-17(22)19(24)25/h4-6,8-9,14,16-17,21H,3,7,10-13H2,1-2H3,(H,24,25)/t14-,16-,17-/m0/s1/i7D2,10D2,13D2,17D. The Hall–Kier alpha value is -2.41. The molecule has 27 heavy (non-hydrogen) atoms. The van der Waals surface area contributed by atoms with Gasteiger partial charge in [-0.1, -0.05) is 30.3 Å². The van der Waals surface area contributed by atoms with Crippen LogP contribution in [0.5, 0.6) is 0 Å². The van der Waals surface area contributed by atoms with Crippen molar-refractivity contribution >= 4 is 17.8 Å². The fourth-order valence-electron chi connectivity index (χ4n) is 2.60. The van der Waals surface area contributed by atoms with Crippen molar-refractivity contribution in [3.05, 3.63) is 35.9 Å². The molecule has 2 N–H and O–H groups in total. The number of carbonyl (C=O) groups is 3. The van der Waals surface area contributed by atoms with Crippen LogP contribution >= 0.6 is 0 Å². The van der Waals surface area contributed by atoms with E-state index in [4.69, 9.17) is 14.3 Å². The number of benzene rings is 1. The smallest absolute Gasteiger partial charge is 0.326 e. The molecule has 1 heterocycles. The van der Waals surface area contributed by atoms with E-state index in [0.717, 1.165) is 5.56 Å². The number of rotatable bonds is 9. The summed E-state index contributed by atoms with van der Waals surface area (Å²) in [7, 11) is 0. The topological polar surface area (TPSA) is 95.9 Å². The number of nitrogens with zero attached hydrogens (tertiary/aromatic N) is 1. The number of nitrogens with one attached hydrogen (secondary N) is 1. The van der Waals surface area contributed by atoms with E-state index in [1.54, 1.807) is 6.92 Å². The number of amides is 1. The van der Waals surface area contributed by atoms with Crippen LogP contribution in [-0.2, 0) is 25.5 Å². The predicted molar refractivity (Wildman–Crippen MR) is 100 cm³/mol. The average Bonchev–Trinajstić information content (AvgIpc) is 2.84. The summed E-state index contributed by atoms with van der Waals surface area (Å²) in [6, 6.07) is 2.97. The van der Waals surface area contributed by atoms with Crippen LogP contribution in [0.15, 0.2) is 30.3 Å². The number of esters is 1. The fourth-order valence-corrected chi connectivity index (χ4v) is 2.60. The molecule has 0 spiro atoms. The maximum absolute atomic E-state index is 13.2. The Morgan fingerprint density at radius 2 is 2.11 bits per heavy atom. The molecule has 1 saturated heterocycles. The monoisotopic (exact) mass is 383 g/mol. The van der Waals surface area contributed by atoms with Gasteiger partial charge in [-0.2, -0.15) is 0 Å². The molecule has 0 aromatic heterocycles. The van der Waals surface area contributed by atoms with Crippen molar-refractivity contribution in [1.29, 1.82) is 0 Å². The summed E-state index contributed by atoms with van der Waals surface area (Å²) >= 11 is 0. The lowest BCUT2D eigenvalue weighted by atomic mass is 10.0. The summed E-state index contributed by atoms with van der Waals surface area (Å²) in [6.07, 6.45) is -6.55. The first-order valence-electron chi connectivity index (χ1n) is 12.1. The summed E-state index contributed by atoms with van der Waals surface area (Å²) in [6.45, 7) is -0.647. The van der Waals surface area contributed by atoms with Gasteiger partial charge in [0.15, 0.2) is 0 Å². The molecule has 1 aliphatic heterocycles. The minimum absolute atomic E-state index is 0.0502. The van der Waals surface area contributed by atoms with Crippen LogP contribution in [0.25, 0.3) is 0 Å². The second-order valence-corrected chi connectivity index (χ2v) is 5.91. The molecule has 1 aliphatic rings. The molecule has 0 unspecified atom stereocenters. The highest BCUT2D eigenvalue weighted by Crippen LogP contribution is 2.19. The number of ether oxygens (including phenoxy) is 1. The van der Waals surface area contributed by atoms with E-state index in [-0.39, 0.29) is 17.9 Å². The van der Waals surface area contributed by atoms with Crippen LogP contribution < -0.4 is 5.32 Å². The third kappa shape index (κ3) is 5.79. The van der Waals surface area contributed by atoms with Crippen molar-refractivity contribution in [1.82, 2.24) is 10.2 Å². The van der Waals surface area contributed by atoms with Crippen LogP contribution in [-0.4, -0.2) is 59.1 Å². The normalized spacial score (nSPS) is 30.9. The van der Waals surface area contributed by atoms with Crippen LogP contribution in [0, 0.1) is 0 Å². The first-order chi connectivity index (χ1) is 15.6. The molecule has 7 nitrogen and oxygen atoms in total. The van der Waals surface area contributed by atoms with Gasteiger partial charge in [0.1, 0.15) is 12.1 Å². The van der Waals surface area contributed by atoms with E-state index < -0.39 is 55.2 Å². The van der Waals surface area contributed by atoms with Gasteiger partial charge < -0.3 is 14.7 Å². The predicted octanol–water partition coefficient (Wildman–Crippen LogP) is 1.60. The van der Waals surface area contributed by atoms with Gasteiger partial charge in [-0.15, -0.1) is 0 Å². The van der Waals surface area contributed by atoms with Crippen LogP contribution in [0.3, 0.4) is 0 Å². The maximum Gasteiger partial charge on any atom is 0.326 e. The van der Waals surface area contributed by atoms with Gasteiger partial charge in [0.25, 0.3) is 0 Å². The molecule has 1 aromatic rings. The highest BCUT2D eigenvalue weighted by Gasteiger charge is 2.36. The molecule has 7 heteroatoms. The van der Waals surface area contributed by atoms with Crippen molar-refractivity contribution in [2.45, 2.75) is 57.5 Å². The van der Waals surface area contributed by atoms with E-state index in [2.05, 4.69) is 5.32 Å². The highest BCUT2D eigenvalue weighted by atomic mass is 16.5. The molecular weight excluding hydrogens is 348 g/mol. The molecule has 1 fully saturated rings. The quantitative estimate of drug-likeness (QED) is 0.629. The minimum atomic E-state index is -3.60. The molecule has 0 bridgehead atoms. The molecule has 1 aromatic carbocycles. The Labute approximate surface area is 169 Å². The number of hydrogen-bond donors (Lipinski definition) is 2. The lowest BCUT2D eigenvalue weighted by Gasteiger charge is -2.27. The average molecular weight is 383 g/mol. The summed E-state index contributed by atoms with van der Waals surface area (Å²) < 4.78 is 60.9. The van der Waals surface area contributed by atoms with Crippen LogP contribution in [0.4, 0.5) is 0 Å². The van der Waals surface area contributed by atoms with Gasteiger partial charge in [0.05, 0.1) is 14.0 Å². The van der Waals surface area contributed by atoms with Gasteiger partial charge in [-0.3, -0.25) is 14.9 Å². The molecule has 0 radical (unpaired) electrons. The number of aryl methyl sites for hydroxylation is 1. The van der Waals surface area contributed by atoms with Gasteiger partial charge in [0.2, 0.25) is 5.91 Å². The number of hydrogen-bond acceptors (Lipinski definition) is 5. The van der Waals surface area contributed by atoms with Crippen LogP contribution in [0.2, 0.25) is 0 Å². The van der Waals surface area contributed by atoms with E-state index in [9.17, 15) is 19.5 Å². The van der Waals surface area contributed by atoms with E-state index >= 15 is 0 Å². The first-order valence-corrected chi connectivity index (χ1v) is 8.61. The second-order valence-electron chi connectivity index (χ2n) is 5.91. The molecule has 1 amide bonds. The van der Waals surface area contributed by atoms with E-state index in [0.29, 0.717) is 6.42 Å². The van der Waals surface area contributed by atoms with Crippen molar-refractivity contribution in [2.24, 2.45) is 0 Å². The number of carboxylic acid groups (broad SMARTS) is 1. The zero-order chi connectivity index (χ0) is 26.1. The van der Waals surface area contributed by atoms with Crippen molar-refractivity contribution in [3.8, 4) is 0 Å². The zero-order valence-electron chi connectivity index (χ0n) is 22.2. The summed E-state index contributed by atoms with van der Waals surface area (Å²) in [5.74, 6) is -4.32. The lowest BCUT2D eigenvalue weighted by Crippen LogP contribution is -2.53. The Balaban J connectivity index is 2.35. The molecule has 0 saturated carbocycles. The van der Waals surface area contributed by atoms with E-state index in [1.165, 1.54) is 6.92 Å². The molecule has 148 valence electrons. The molecule has 0 aliphatic carbocycles. The SMILES string of the molecule is [2H]C1([2H])N(C(=O)[C@H](C)N[C@@H](CCc2ccccc2)C(=O)OCC)[C@]([2H])(C(=O)O)C([2H])([2H])C1([2H])[2H]. The Morgan fingerprint density at radius 1 is 1.41 bits per heavy atom. The summed E-state index contributed by atoms with van der Waals surface area (Å²) in [4.78, 5) is 37.3. The van der Waals surface area contributed by atoms with Gasteiger partial charge in [-0.05, 0) is 45.0 Å². The number of carbonyl (C=O) groups excluding carboxylic acids is 2. The van der Waals surface area contributed by atoms with Crippen molar-refractivity contribution in [2.75, 3.05) is 13.1 Å². The van der Waals surface area contributed by atoms with Crippen LogP contribution in [0.1, 0.15) is 48.2 Å². The number of aliphatic carboxylic acids is 1. The Bertz CT molecular complexity index is 931. The Morgan fingerprint density at radius 3 is 2.74 bits per heavy atom. The van der Waals surface area contributed by atoms with Gasteiger partial charge in [0, 0.05) is 14.7 Å². The molecule has 2 rings (SSSR count). The first kappa shape index (κ1) is 12.9. The van der Waals surface area contributed by atoms with Gasteiger partial charge in [-0.25, -0.2) is 4.79 Å². The van der Waals surface area contributed by atoms with Crippen molar-refractivity contribution < 1.29 is 33.8 Å². The highest BCUT2D eigenvalue weighted by molar-refractivity contribution is 5.88. The van der Waals surface area contributed by atoms with Crippen molar-refractivity contribution in [3.63, 3.8) is 0 Å². The number of likely N-dealkylation sites (tertiary alicyclic amines) is 1.